The van der Waals surface area contributed by atoms with Gasteiger partial charge in [-0.2, -0.15) is 0 Å². The van der Waals surface area contributed by atoms with Crippen LogP contribution in [0.1, 0.15) is 32.8 Å². The topological polar surface area (TPSA) is 96.0 Å². The molecule has 2 aromatic rings. The highest BCUT2D eigenvalue weighted by Gasteiger charge is 2.31. The number of methoxy groups -OCH3 is 1. The van der Waals surface area contributed by atoms with Crippen LogP contribution >= 0.6 is 23.2 Å². The van der Waals surface area contributed by atoms with Crippen LogP contribution in [0.5, 0.6) is 5.75 Å². The summed E-state index contributed by atoms with van der Waals surface area (Å²) in [5.74, 6) is -0.625. The molecule has 0 saturated carbocycles. The van der Waals surface area contributed by atoms with Gasteiger partial charge in [-0.3, -0.25) is 13.9 Å². The summed E-state index contributed by atoms with van der Waals surface area (Å²) in [6.07, 6.45) is 1.73. The highest BCUT2D eigenvalue weighted by atomic mass is 35.5. The first-order valence-corrected chi connectivity index (χ1v) is 13.6. The fraction of sp³-hybridized carbons (Fsp3) is 0.417. The zero-order valence-electron chi connectivity index (χ0n) is 20.4. The van der Waals surface area contributed by atoms with Crippen molar-refractivity contribution < 1.29 is 22.7 Å². The Balaban J connectivity index is 2.45. The Morgan fingerprint density at radius 2 is 1.74 bits per heavy atom. The molecule has 35 heavy (non-hydrogen) atoms. The van der Waals surface area contributed by atoms with E-state index in [4.69, 9.17) is 27.9 Å². The van der Waals surface area contributed by atoms with Crippen molar-refractivity contribution in [3.63, 3.8) is 0 Å². The molecule has 2 atom stereocenters. The highest BCUT2D eigenvalue weighted by molar-refractivity contribution is 7.92. The molecule has 1 N–H and O–H groups in total. The van der Waals surface area contributed by atoms with Crippen LogP contribution < -0.4 is 14.4 Å². The molecule has 0 aliphatic carbocycles. The first kappa shape index (κ1) is 28.7. The number of halogens is 2. The van der Waals surface area contributed by atoms with Crippen LogP contribution in [0, 0.1) is 0 Å². The molecule has 0 unspecified atom stereocenters. The number of sulfonamides is 1. The SMILES string of the molecule is CC[C@@H](C)NC(=O)[C@@H](C)N(Cc1ccc(Cl)c(Cl)c1)C(=O)CN(c1ccccc1OC)S(C)(=O)=O. The van der Waals surface area contributed by atoms with Gasteiger partial charge in [0.1, 0.15) is 18.3 Å². The van der Waals surface area contributed by atoms with E-state index in [9.17, 15) is 18.0 Å². The van der Waals surface area contributed by atoms with Gasteiger partial charge < -0.3 is 15.0 Å². The lowest BCUT2D eigenvalue weighted by Gasteiger charge is -2.32. The standard InChI is InChI=1S/C24H31Cl2N3O5S/c1-6-16(2)27-24(31)17(3)28(14-18-11-12-19(25)20(26)13-18)23(30)15-29(35(5,32)33)21-9-7-8-10-22(21)34-4/h7-13,16-17H,6,14-15H2,1-5H3,(H,27,31)/t16-,17-/m1/s1. The maximum absolute atomic E-state index is 13.6. The second-order valence-electron chi connectivity index (χ2n) is 8.21. The minimum atomic E-state index is -3.87. The van der Waals surface area contributed by atoms with Crippen LogP contribution in [0.3, 0.4) is 0 Å². The number of anilines is 1. The van der Waals surface area contributed by atoms with Gasteiger partial charge in [-0.15, -0.1) is 0 Å². The van der Waals surface area contributed by atoms with E-state index in [0.717, 1.165) is 17.0 Å². The maximum atomic E-state index is 13.6. The van der Waals surface area contributed by atoms with Gasteiger partial charge in [0.2, 0.25) is 21.8 Å². The van der Waals surface area contributed by atoms with Gasteiger partial charge in [-0.25, -0.2) is 8.42 Å². The first-order valence-electron chi connectivity index (χ1n) is 11.0. The molecule has 0 aliphatic heterocycles. The molecule has 0 spiro atoms. The van der Waals surface area contributed by atoms with E-state index in [1.807, 2.05) is 13.8 Å². The first-order chi connectivity index (χ1) is 16.4. The summed E-state index contributed by atoms with van der Waals surface area (Å²) >= 11 is 12.2. The molecule has 0 aromatic heterocycles. The third-order valence-electron chi connectivity index (χ3n) is 5.54. The van der Waals surface area contributed by atoms with E-state index in [-0.39, 0.29) is 24.2 Å². The predicted octanol–water partition coefficient (Wildman–Crippen LogP) is 4.10. The molecule has 0 fully saturated rings. The molecular weight excluding hydrogens is 513 g/mol. The summed E-state index contributed by atoms with van der Waals surface area (Å²) in [5.41, 5.74) is 0.858. The fourth-order valence-corrected chi connectivity index (χ4v) is 4.49. The number of hydrogen-bond acceptors (Lipinski definition) is 5. The van der Waals surface area contributed by atoms with E-state index in [0.29, 0.717) is 21.4 Å². The van der Waals surface area contributed by atoms with E-state index in [2.05, 4.69) is 5.32 Å². The van der Waals surface area contributed by atoms with Crippen LogP contribution in [0.25, 0.3) is 0 Å². The van der Waals surface area contributed by atoms with Crippen LogP contribution in [-0.2, 0) is 26.2 Å². The van der Waals surface area contributed by atoms with Crippen molar-refractivity contribution in [2.45, 2.75) is 45.8 Å². The molecule has 8 nitrogen and oxygen atoms in total. The second-order valence-corrected chi connectivity index (χ2v) is 10.9. The van der Waals surface area contributed by atoms with Crippen molar-refractivity contribution in [2.24, 2.45) is 0 Å². The lowest BCUT2D eigenvalue weighted by molar-refractivity contribution is -0.139. The Morgan fingerprint density at radius 1 is 1.09 bits per heavy atom. The average molecular weight is 545 g/mol. The van der Waals surface area contributed by atoms with E-state index >= 15 is 0 Å². The summed E-state index contributed by atoms with van der Waals surface area (Å²) in [4.78, 5) is 27.8. The summed E-state index contributed by atoms with van der Waals surface area (Å²) in [6, 6.07) is 10.4. The number of nitrogens with zero attached hydrogens (tertiary/aromatic N) is 2. The smallest absolute Gasteiger partial charge is 0.244 e. The molecule has 0 bridgehead atoms. The van der Waals surface area contributed by atoms with Gasteiger partial charge >= 0.3 is 0 Å². The Hall–Kier alpha value is -2.49. The quantitative estimate of drug-likeness (QED) is 0.460. The number of amides is 2. The largest absolute Gasteiger partial charge is 0.495 e. The lowest BCUT2D eigenvalue weighted by Crippen LogP contribution is -2.52. The second kappa shape index (κ2) is 12.5. The van der Waals surface area contributed by atoms with Crippen molar-refractivity contribution in [3.05, 3.63) is 58.1 Å². The zero-order valence-corrected chi connectivity index (χ0v) is 22.7. The van der Waals surface area contributed by atoms with Gasteiger partial charge in [-0.05, 0) is 50.1 Å². The molecule has 0 heterocycles. The monoisotopic (exact) mass is 543 g/mol. The number of nitrogens with one attached hydrogen (secondary N) is 1. The van der Waals surface area contributed by atoms with E-state index in [1.165, 1.54) is 12.0 Å². The number of benzene rings is 2. The minimum Gasteiger partial charge on any atom is -0.495 e. The third kappa shape index (κ3) is 7.75. The Labute approximate surface area is 217 Å². The van der Waals surface area contributed by atoms with E-state index in [1.54, 1.807) is 49.4 Å². The number of rotatable bonds is 11. The Morgan fingerprint density at radius 3 is 2.31 bits per heavy atom. The molecule has 2 aromatic carbocycles. The number of carbonyl (C=O) groups is 2. The number of ether oxygens (including phenoxy) is 1. The lowest BCUT2D eigenvalue weighted by atomic mass is 10.1. The van der Waals surface area contributed by atoms with Crippen molar-refractivity contribution in [1.29, 1.82) is 0 Å². The van der Waals surface area contributed by atoms with Crippen LogP contribution in [-0.4, -0.2) is 57.1 Å². The zero-order chi connectivity index (χ0) is 26.3. The normalized spacial score (nSPS) is 13.0. The number of hydrogen-bond donors (Lipinski definition) is 1. The van der Waals surface area contributed by atoms with Gasteiger partial charge in [0.15, 0.2) is 0 Å². The van der Waals surface area contributed by atoms with Gasteiger partial charge in [-0.1, -0.05) is 48.3 Å². The van der Waals surface area contributed by atoms with Crippen molar-refractivity contribution in [2.75, 3.05) is 24.2 Å². The van der Waals surface area contributed by atoms with Crippen LogP contribution in [0.2, 0.25) is 10.0 Å². The summed E-state index contributed by atoms with van der Waals surface area (Å²) in [6.45, 7) is 4.89. The summed E-state index contributed by atoms with van der Waals surface area (Å²) in [5, 5.41) is 3.53. The summed E-state index contributed by atoms with van der Waals surface area (Å²) in [7, 11) is -2.45. The highest BCUT2D eigenvalue weighted by Crippen LogP contribution is 2.30. The van der Waals surface area contributed by atoms with Crippen molar-refractivity contribution >= 4 is 50.7 Å². The van der Waals surface area contributed by atoms with Crippen LogP contribution in [0.15, 0.2) is 42.5 Å². The molecule has 0 aliphatic rings. The summed E-state index contributed by atoms with van der Waals surface area (Å²) < 4.78 is 31.6. The van der Waals surface area contributed by atoms with Crippen LogP contribution in [0.4, 0.5) is 5.69 Å². The van der Waals surface area contributed by atoms with Crippen molar-refractivity contribution in [1.82, 2.24) is 10.2 Å². The minimum absolute atomic E-state index is 0.0222. The van der Waals surface area contributed by atoms with Crippen molar-refractivity contribution in [3.8, 4) is 5.75 Å². The van der Waals surface area contributed by atoms with Gasteiger partial charge in [0.25, 0.3) is 0 Å². The molecule has 2 amide bonds. The fourth-order valence-electron chi connectivity index (χ4n) is 3.31. The Bertz CT molecular complexity index is 1160. The Kier molecular flexibility index (Phi) is 10.2. The van der Waals surface area contributed by atoms with Gasteiger partial charge in [0.05, 0.1) is 29.1 Å². The molecular formula is C24H31Cl2N3O5S. The molecule has 0 saturated heterocycles. The number of para-hydroxylation sites is 2. The average Bonchev–Trinajstić information content (AvgIpc) is 2.81. The molecule has 0 radical (unpaired) electrons. The number of carbonyl (C=O) groups excluding carboxylic acids is 2. The predicted molar refractivity (Wildman–Crippen MR) is 140 cm³/mol. The van der Waals surface area contributed by atoms with E-state index < -0.39 is 28.5 Å². The molecule has 2 rings (SSSR count). The van der Waals surface area contributed by atoms with Gasteiger partial charge in [0, 0.05) is 12.6 Å². The third-order valence-corrected chi connectivity index (χ3v) is 7.40. The molecule has 192 valence electrons. The molecule has 11 heteroatoms. The maximum Gasteiger partial charge on any atom is 0.244 e.